The lowest BCUT2D eigenvalue weighted by Crippen LogP contribution is -2.08. The van der Waals surface area contributed by atoms with Crippen molar-refractivity contribution in [3.8, 4) is 0 Å². The van der Waals surface area contributed by atoms with Crippen molar-refractivity contribution in [1.82, 2.24) is 0 Å². The average molecular weight is 297 g/mol. The zero-order valence-electron chi connectivity index (χ0n) is 8.19. The first-order valence-electron chi connectivity index (χ1n) is 4.54. The molecule has 0 fully saturated rings. The van der Waals surface area contributed by atoms with E-state index in [2.05, 4.69) is 15.9 Å². The maximum absolute atomic E-state index is 12.9. The summed E-state index contributed by atoms with van der Waals surface area (Å²) in [6.45, 7) is 0. The van der Waals surface area contributed by atoms with Gasteiger partial charge < -0.3 is 0 Å². The van der Waals surface area contributed by atoms with Crippen LogP contribution in [0.5, 0.6) is 0 Å². The average Bonchev–Trinajstić information content (AvgIpc) is 2.19. The summed E-state index contributed by atoms with van der Waals surface area (Å²) in [6.07, 6.45) is -0.680. The zero-order chi connectivity index (χ0) is 12.2. The van der Waals surface area contributed by atoms with Crippen LogP contribution in [0.3, 0.4) is 0 Å². The van der Waals surface area contributed by atoms with Crippen molar-refractivity contribution in [3.05, 3.63) is 41.2 Å². The summed E-state index contributed by atoms with van der Waals surface area (Å²) < 4.78 is 49.9. The summed E-state index contributed by atoms with van der Waals surface area (Å²) in [7, 11) is 0. The minimum atomic E-state index is -4.65. The Kier molecular flexibility index (Phi) is 4.53. The van der Waals surface area contributed by atoms with Crippen LogP contribution in [0, 0.1) is 5.82 Å². The number of allylic oxidation sites excluding steroid dienone is 1. The van der Waals surface area contributed by atoms with Gasteiger partial charge in [0.05, 0.1) is 5.56 Å². The van der Waals surface area contributed by atoms with Gasteiger partial charge in [-0.15, -0.1) is 0 Å². The lowest BCUT2D eigenvalue weighted by molar-refractivity contribution is -0.140. The monoisotopic (exact) mass is 296 g/mol. The minimum absolute atomic E-state index is 0.342. The molecule has 1 rings (SSSR count). The lowest BCUT2D eigenvalue weighted by atomic mass is 10.1. The first-order valence-corrected chi connectivity index (χ1v) is 5.66. The highest BCUT2D eigenvalue weighted by atomic mass is 79.9. The zero-order valence-corrected chi connectivity index (χ0v) is 9.78. The van der Waals surface area contributed by atoms with Crippen LogP contribution in [0.25, 0.3) is 6.08 Å². The molecule has 16 heavy (non-hydrogen) atoms. The number of alkyl halides is 4. The van der Waals surface area contributed by atoms with E-state index < -0.39 is 17.6 Å². The second-order valence-electron chi connectivity index (χ2n) is 3.12. The number of hydrogen-bond donors (Lipinski definition) is 0. The molecule has 0 bridgehead atoms. The molecule has 1 aromatic rings. The molecule has 0 aromatic heterocycles. The Balaban J connectivity index is 2.99. The van der Waals surface area contributed by atoms with Crippen molar-refractivity contribution >= 4 is 22.0 Å². The van der Waals surface area contributed by atoms with Gasteiger partial charge in [-0.3, -0.25) is 0 Å². The molecule has 0 nitrogen and oxygen atoms in total. The highest BCUT2D eigenvalue weighted by Gasteiger charge is 2.33. The third-order valence-corrected chi connectivity index (χ3v) is 2.34. The van der Waals surface area contributed by atoms with Gasteiger partial charge in [-0.25, -0.2) is 4.39 Å². The van der Waals surface area contributed by atoms with Crippen LogP contribution in [-0.4, -0.2) is 5.33 Å². The van der Waals surface area contributed by atoms with Gasteiger partial charge in [0.1, 0.15) is 5.82 Å². The first-order chi connectivity index (χ1) is 7.45. The third kappa shape index (κ3) is 3.63. The Morgan fingerprint density at radius 2 is 1.94 bits per heavy atom. The molecule has 0 N–H and O–H groups in total. The molecule has 1 aromatic carbocycles. The van der Waals surface area contributed by atoms with Crippen LogP contribution in [0.1, 0.15) is 17.5 Å². The minimum Gasteiger partial charge on any atom is -0.206 e. The van der Waals surface area contributed by atoms with Gasteiger partial charge in [-0.1, -0.05) is 34.1 Å². The Bertz CT molecular complexity index is 382. The van der Waals surface area contributed by atoms with Gasteiger partial charge in [0, 0.05) is 5.33 Å². The third-order valence-electron chi connectivity index (χ3n) is 1.88. The summed E-state index contributed by atoms with van der Waals surface area (Å²) >= 11 is 3.19. The highest BCUT2D eigenvalue weighted by Crippen LogP contribution is 2.32. The molecular weight excluding hydrogens is 288 g/mol. The van der Waals surface area contributed by atoms with Gasteiger partial charge in [0.15, 0.2) is 0 Å². The van der Waals surface area contributed by atoms with Gasteiger partial charge >= 0.3 is 6.18 Å². The second-order valence-corrected chi connectivity index (χ2v) is 3.91. The van der Waals surface area contributed by atoms with Crippen LogP contribution in [0.2, 0.25) is 0 Å². The number of rotatable bonds is 3. The van der Waals surface area contributed by atoms with E-state index in [1.54, 1.807) is 6.08 Å². The molecule has 0 aliphatic heterocycles. The van der Waals surface area contributed by atoms with Crippen molar-refractivity contribution < 1.29 is 17.6 Å². The normalized spacial score (nSPS) is 12.3. The molecule has 0 radical (unpaired) electrons. The van der Waals surface area contributed by atoms with Crippen LogP contribution >= 0.6 is 15.9 Å². The molecule has 88 valence electrons. The fourth-order valence-corrected chi connectivity index (χ4v) is 1.41. The first kappa shape index (κ1) is 13.2. The summed E-state index contributed by atoms with van der Waals surface area (Å²) in [5.41, 5.74) is -0.886. The van der Waals surface area contributed by atoms with Crippen LogP contribution in [0.15, 0.2) is 24.3 Å². The molecule has 0 aliphatic rings. The van der Waals surface area contributed by atoms with E-state index >= 15 is 0 Å². The number of halogens is 5. The predicted molar refractivity (Wildman–Crippen MR) is 58.8 cm³/mol. The Morgan fingerprint density at radius 3 is 2.50 bits per heavy atom. The summed E-state index contributed by atoms with van der Waals surface area (Å²) in [5, 5.41) is 0.733. The van der Waals surface area contributed by atoms with E-state index in [4.69, 9.17) is 0 Å². The SMILES string of the molecule is Fc1ccc(/C=C/CCBr)cc1C(F)(F)F. The van der Waals surface area contributed by atoms with Crippen LogP contribution in [-0.2, 0) is 6.18 Å². The van der Waals surface area contributed by atoms with E-state index in [0.29, 0.717) is 12.0 Å². The number of hydrogen-bond acceptors (Lipinski definition) is 0. The molecule has 0 unspecified atom stereocenters. The fourth-order valence-electron chi connectivity index (χ4n) is 1.15. The Labute approximate surface area is 99.1 Å². The maximum Gasteiger partial charge on any atom is 0.419 e. The molecule has 0 saturated carbocycles. The van der Waals surface area contributed by atoms with Gasteiger partial charge in [0.2, 0.25) is 0 Å². The molecule has 0 atom stereocenters. The van der Waals surface area contributed by atoms with Crippen LogP contribution in [0.4, 0.5) is 17.6 Å². The van der Waals surface area contributed by atoms with E-state index in [1.807, 2.05) is 0 Å². The van der Waals surface area contributed by atoms with Crippen molar-refractivity contribution in [1.29, 1.82) is 0 Å². The smallest absolute Gasteiger partial charge is 0.206 e. The summed E-state index contributed by atoms with van der Waals surface area (Å²) in [5.74, 6) is -1.25. The number of benzene rings is 1. The van der Waals surface area contributed by atoms with E-state index in [1.165, 1.54) is 12.1 Å². The second kappa shape index (κ2) is 5.48. The Hall–Kier alpha value is -0.840. The van der Waals surface area contributed by atoms with Crippen molar-refractivity contribution in [2.45, 2.75) is 12.6 Å². The summed E-state index contributed by atoms with van der Waals surface area (Å²) in [4.78, 5) is 0. The molecule has 0 heterocycles. The maximum atomic E-state index is 12.9. The predicted octanol–water partition coefficient (Wildman–Crippen LogP) is 4.64. The molecule has 0 spiro atoms. The molecular formula is C11H9BrF4. The lowest BCUT2D eigenvalue weighted by Gasteiger charge is -2.08. The molecule has 5 heteroatoms. The quantitative estimate of drug-likeness (QED) is 0.563. The molecule has 0 amide bonds. The highest BCUT2D eigenvalue weighted by molar-refractivity contribution is 9.09. The topological polar surface area (TPSA) is 0 Å². The molecule has 0 aliphatic carbocycles. The molecule has 0 saturated heterocycles. The van der Waals surface area contributed by atoms with Gasteiger partial charge in [0.25, 0.3) is 0 Å². The fraction of sp³-hybridized carbons (Fsp3) is 0.273. The van der Waals surface area contributed by atoms with Crippen LogP contribution < -0.4 is 0 Å². The van der Waals surface area contributed by atoms with Crippen molar-refractivity contribution in [2.24, 2.45) is 0 Å². The van der Waals surface area contributed by atoms with E-state index in [9.17, 15) is 17.6 Å². The summed E-state index contributed by atoms with van der Waals surface area (Å²) in [6, 6.07) is 2.95. The van der Waals surface area contributed by atoms with Gasteiger partial charge in [-0.2, -0.15) is 13.2 Å². The standard InChI is InChI=1S/C11H9BrF4/c12-6-2-1-3-8-4-5-10(13)9(7-8)11(14,15)16/h1,3-5,7H,2,6H2/b3-1+. The van der Waals surface area contributed by atoms with Gasteiger partial charge in [-0.05, 0) is 24.1 Å². The van der Waals surface area contributed by atoms with E-state index in [-0.39, 0.29) is 0 Å². The van der Waals surface area contributed by atoms with Crippen molar-refractivity contribution in [3.63, 3.8) is 0 Å². The largest absolute Gasteiger partial charge is 0.419 e. The van der Waals surface area contributed by atoms with Crippen molar-refractivity contribution in [2.75, 3.05) is 5.33 Å². The van der Waals surface area contributed by atoms with E-state index in [0.717, 1.165) is 17.5 Å². The Morgan fingerprint density at radius 1 is 1.25 bits per heavy atom.